The van der Waals surface area contributed by atoms with Gasteiger partial charge in [0.1, 0.15) is 0 Å². The van der Waals surface area contributed by atoms with Crippen molar-refractivity contribution in [2.75, 3.05) is 12.5 Å². The maximum absolute atomic E-state index is 8.29. The fraction of sp³-hybridized carbons (Fsp3) is 0.600. The van der Waals surface area contributed by atoms with Gasteiger partial charge in [-0.3, -0.25) is 0 Å². The van der Waals surface area contributed by atoms with Crippen LogP contribution in [0.15, 0.2) is 11.1 Å². The van der Waals surface area contributed by atoms with E-state index in [9.17, 15) is 0 Å². The van der Waals surface area contributed by atoms with Gasteiger partial charge < -0.3 is 5.11 Å². The minimum Gasteiger partial charge on any atom is -0.396 e. The summed E-state index contributed by atoms with van der Waals surface area (Å²) in [6.07, 6.45) is 2.17. The van der Waals surface area contributed by atoms with Crippen LogP contribution in [-0.2, 0) is 0 Å². The third kappa shape index (κ3) is 4.44. The van der Waals surface area contributed by atoms with Crippen LogP contribution in [0, 0.1) is 0 Å². The van der Waals surface area contributed by atoms with Gasteiger partial charge in [0.05, 0.1) is 0 Å². The van der Waals surface area contributed by atoms with Crippen molar-refractivity contribution in [3.63, 3.8) is 0 Å². The van der Waals surface area contributed by atoms with Gasteiger partial charge in [0.2, 0.25) is 0 Å². The van der Waals surface area contributed by atoms with E-state index in [0.717, 1.165) is 0 Å². The van der Waals surface area contributed by atoms with Crippen molar-refractivity contribution in [3.8, 4) is 0 Å². The Labute approximate surface area is 58.9 Å². The van der Waals surface area contributed by atoms with Crippen LogP contribution in [0.1, 0.15) is 6.42 Å². The number of alkyl halides is 1. The Bertz CT molecular complexity index is 80.5. The van der Waals surface area contributed by atoms with E-state index in [4.69, 9.17) is 28.3 Å². The van der Waals surface area contributed by atoms with E-state index in [-0.39, 0.29) is 6.61 Å². The Morgan fingerprint density at radius 1 is 1.62 bits per heavy atom. The maximum atomic E-state index is 8.29. The Balaban J connectivity index is 3.29. The smallest absolute Gasteiger partial charge is 0.0479 e. The first-order valence-electron chi connectivity index (χ1n) is 2.32. The quantitative estimate of drug-likeness (QED) is 0.615. The lowest BCUT2D eigenvalue weighted by molar-refractivity contribution is 0.301. The first kappa shape index (κ1) is 8.28. The summed E-state index contributed by atoms with van der Waals surface area (Å²) >= 11 is 10.8. The highest BCUT2D eigenvalue weighted by Gasteiger charge is 1.86. The molecule has 0 aromatic carbocycles. The molecule has 1 nitrogen and oxygen atoms in total. The van der Waals surface area contributed by atoms with E-state index >= 15 is 0 Å². The average Bonchev–Trinajstić information content (AvgIpc) is 1.68. The molecule has 0 heterocycles. The molecule has 0 fully saturated rings. The van der Waals surface area contributed by atoms with Gasteiger partial charge in [-0.25, -0.2) is 0 Å². The first-order valence-corrected chi connectivity index (χ1v) is 3.24. The van der Waals surface area contributed by atoms with Gasteiger partial charge in [0.25, 0.3) is 0 Å². The Kier molecular flexibility index (Phi) is 5.61. The Hall–Kier alpha value is 0.280. The van der Waals surface area contributed by atoms with Crippen LogP contribution < -0.4 is 0 Å². The number of rotatable bonds is 3. The molecular formula is C5H8Cl2O. The summed E-state index contributed by atoms with van der Waals surface area (Å²) in [5.41, 5.74) is 0. The van der Waals surface area contributed by atoms with Crippen LogP contribution in [0.4, 0.5) is 0 Å². The number of halogens is 2. The van der Waals surface area contributed by atoms with E-state index in [1.165, 1.54) is 0 Å². The van der Waals surface area contributed by atoms with E-state index < -0.39 is 0 Å². The lowest BCUT2D eigenvalue weighted by atomic mass is 10.4. The molecule has 0 bridgehead atoms. The third-order valence-corrected chi connectivity index (χ3v) is 1.15. The molecular weight excluding hydrogens is 147 g/mol. The van der Waals surface area contributed by atoms with Gasteiger partial charge in [0, 0.05) is 23.9 Å². The second kappa shape index (κ2) is 5.42. The van der Waals surface area contributed by atoms with E-state index in [2.05, 4.69) is 0 Å². The fourth-order valence-corrected chi connectivity index (χ4v) is 0.719. The van der Waals surface area contributed by atoms with Crippen molar-refractivity contribution < 1.29 is 5.11 Å². The summed E-state index contributed by atoms with van der Waals surface area (Å²) in [6, 6.07) is 0. The molecule has 0 radical (unpaired) electrons. The third-order valence-electron chi connectivity index (χ3n) is 0.649. The summed E-state index contributed by atoms with van der Waals surface area (Å²) in [7, 11) is 0. The number of allylic oxidation sites excluding steroid dienone is 1. The van der Waals surface area contributed by atoms with Crippen LogP contribution >= 0.6 is 23.2 Å². The number of hydrogen-bond acceptors (Lipinski definition) is 1. The van der Waals surface area contributed by atoms with Crippen molar-refractivity contribution in [3.05, 3.63) is 11.1 Å². The van der Waals surface area contributed by atoms with Crippen molar-refractivity contribution in [1.82, 2.24) is 0 Å². The lowest BCUT2D eigenvalue weighted by Gasteiger charge is -1.89. The van der Waals surface area contributed by atoms with Crippen molar-refractivity contribution in [2.45, 2.75) is 6.42 Å². The second-order valence-corrected chi connectivity index (χ2v) is 2.07. The Morgan fingerprint density at radius 2 is 2.25 bits per heavy atom. The van der Waals surface area contributed by atoms with Crippen molar-refractivity contribution in [2.24, 2.45) is 0 Å². The molecule has 3 heteroatoms. The van der Waals surface area contributed by atoms with Crippen LogP contribution in [0.25, 0.3) is 0 Å². The highest BCUT2D eigenvalue weighted by Crippen LogP contribution is 2.05. The zero-order chi connectivity index (χ0) is 6.41. The molecule has 1 N–H and O–H groups in total. The summed E-state index contributed by atoms with van der Waals surface area (Å²) in [5.74, 6) is 0.416. The molecule has 8 heavy (non-hydrogen) atoms. The monoisotopic (exact) mass is 154 g/mol. The topological polar surface area (TPSA) is 20.2 Å². The van der Waals surface area contributed by atoms with Gasteiger partial charge in [-0.05, 0) is 0 Å². The SMILES string of the molecule is OCC/C(Cl)=C/CCl. The van der Waals surface area contributed by atoms with Gasteiger partial charge in [0.15, 0.2) is 0 Å². The predicted octanol–water partition coefficient (Wildman–Crippen LogP) is 1.73. The molecule has 0 aromatic heterocycles. The molecule has 48 valence electrons. The lowest BCUT2D eigenvalue weighted by Crippen LogP contribution is -1.81. The summed E-state index contributed by atoms with van der Waals surface area (Å²) in [4.78, 5) is 0. The van der Waals surface area contributed by atoms with E-state index in [1.807, 2.05) is 0 Å². The molecule has 0 aromatic rings. The van der Waals surface area contributed by atoms with Crippen molar-refractivity contribution in [1.29, 1.82) is 0 Å². The predicted molar refractivity (Wildman–Crippen MR) is 36.4 cm³/mol. The zero-order valence-electron chi connectivity index (χ0n) is 4.40. The highest BCUT2D eigenvalue weighted by atomic mass is 35.5. The minimum absolute atomic E-state index is 0.0895. The minimum atomic E-state index is 0.0895. The molecule has 0 unspecified atom stereocenters. The average molecular weight is 155 g/mol. The fourth-order valence-electron chi connectivity index (χ4n) is 0.293. The van der Waals surface area contributed by atoms with Gasteiger partial charge in [-0.1, -0.05) is 17.7 Å². The maximum Gasteiger partial charge on any atom is 0.0479 e. The summed E-state index contributed by atoms with van der Waals surface area (Å²) < 4.78 is 0. The number of hydrogen-bond donors (Lipinski definition) is 1. The molecule has 0 rings (SSSR count). The zero-order valence-corrected chi connectivity index (χ0v) is 5.91. The van der Waals surface area contributed by atoms with Gasteiger partial charge >= 0.3 is 0 Å². The van der Waals surface area contributed by atoms with Crippen LogP contribution in [-0.4, -0.2) is 17.6 Å². The van der Waals surface area contributed by atoms with Crippen molar-refractivity contribution >= 4 is 23.2 Å². The first-order chi connectivity index (χ1) is 3.81. The Morgan fingerprint density at radius 3 is 2.62 bits per heavy atom. The molecule has 0 spiro atoms. The summed E-state index contributed by atoms with van der Waals surface area (Å²) in [5, 5.41) is 8.92. The van der Waals surface area contributed by atoms with Crippen LogP contribution in [0.2, 0.25) is 0 Å². The van der Waals surface area contributed by atoms with Crippen LogP contribution in [0.5, 0.6) is 0 Å². The standard InChI is InChI=1S/C5H8Cl2O/c6-3-1-5(7)2-4-8/h1,8H,2-4H2/b5-1-. The largest absolute Gasteiger partial charge is 0.396 e. The van der Waals surface area contributed by atoms with E-state index in [0.29, 0.717) is 17.3 Å². The highest BCUT2D eigenvalue weighted by molar-refractivity contribution is 6.30. The van der Waals surface area contributed by atoms with Crippen LogP contribution in [0.3, 0.4) is 0 Å². The molecule has 0 saturated heterocycles. The number of aliphatic hydroxyl groups excluding tert-OH is 1. The molecule has 0 aliphatic rings. The van der Waals surface area contributed by atoms with Gasteiger partial charge in [-0.15, -0.1) is 11.6 Å². The molecule has 0 atom stereocenters. The molecule has 0 saturated carbocycles. The molecule has 0 aliphatic carbocycles. The summed E-state index contributed by atoms with van der Waals surface area (Å²) in [6.45, 7) is 0.0895. The van der Waals surface area contributed by atoms with Gasteiger partial charge in [-0.2, -0.15) is 0 Å². The van der Waals surface area contributed by atoms with E-state index in [1.54, 1.807) is 6.08 Å². The molecule has 0 aliphatic heterocycles. The molecule has 0 amide bonds. The number of aliphatic hydroxyl groups is 1. The normalized spacial score (nSPS) is 12.1. The second-order valence-electron chi connectivity index (χ2n) is 1.28.